The van der Waals surface area contributed by atoms with E-state index in [2.05, 4.69) is 72.9 Å². The van der Waals surface area contributed by atoms with Gasteiger partial charge in [0.25, 0.3) is 0 Å². The lowest BCUT2D eigenvalue weighted by atomic mass is 9.80. The molecule has 5 heteroatoms. The number of aliphatic hydroxyl groups is 1. The summed E-state index contributed by atoms with van der Waals surface area (Å²) < 4.78 is 13.1. The lowest BCUT2D eigenvalue weighted by Gasteiger charge is -2.37. The number of aliphatic hydroxyl groups excluding tert-OH is 1. The van der Waals surface area contributed by atoms with Gasteiger partial charge in [0.05, 0.1) is 18.8 Å². The summed E-state index contributed by atoms with van der Waals surface area (Å²) in [4.78, 5) is 13.7. The van der Waals surface area contributed by atoms with E-state index in [1.54, 1.807) is 0 Å². The van der Waals surface area contributed by atoms with Gasteiger partial charge in [0.2, 0.25) is 0 Å². The molecule has 5 aromatic carbocycles. The largest absolute Gasteiger partial charge is 0.449 e. The lowest BCUT2D eigenvalue weighted by molar-refractivity contribution is -0.0167. The van der Waals surface area contributed by atoms with E-state index in [0.717, 1.165) is 40.7 Å². The van der Waals surface area contributed by atoms with Crippen LogP contribution >= 0.6 is 0 Å². The first kappa shape index (κ1) is 41.7. The number of rotatable bonds is 23. The van der Waals surface area contributed by atoms with E-state index in [-0.39, 0.29) is 19.1 Å². The Morgan fingerprint density at radius 1 is 0.632 bits per heavy atom. The third-order valence-electron chi connectivity index (χ3n) is 11.4. The fourth-order valence-electron chi connectivity index (χ4n) is 8.30. The van der Waals surface area contributed by atoms with Crippen molar-refractivity contribution >= 4 is 6.09 Å². The number of alkyl carbamates (subject to hydrolysis) is 1. The number of unbranched alkanes of at least 4 members (excludes halogenated alkanes) is 11. The number of amides is 1. The highest BCUT2D eigenvalue weighted by atomic mass is 16.6. The molecular weight excluding hydrogens is 703 g/mol. The second kappa shape index (κ2) is 22.1. The predicted molar refractivity (Wildman–Crippen MR) is 233 cm³/mol. The van der Waals surface area contributed by atoms with Gasteiger partial charge in [-0.15, -0.1) is 0 Å². The van der Waals surface area contributed by atoms with Gasteiger partial charge in [-0.1, -0.05) is 223 Å². The molecule has 1 unspecified atom stereocenters. The van der Waals surface area contributed by atoms with Crippen molar-refractivity contribution in [3.63, 3.8) is 0 Å². The lowest BCUT2D eigenvalue weighted by Crippen LogP contribution is -2.48. The standard InChI is InChI=1S/C52H61NO4/c1-2-3-4-5-6-7-8-9-10-11-12-13-23-38-50(54)49(53-51(55)56-39-48-46-36-26-24-34-44(46)45-35-25-27-37-47(45)48)40-57-52(41-28-17-14-18-29-41,42-30-19-15-20-31-42)43-32-21-16-22-33-43/h14-38,48-50,54H,2-13,39-40H2,1H3,(H,53,55)/t49-,50?/m1/s1. The SMILES string of the molecule is CCCCCCCCCCCCCC=CC(O)[C@@H](COC(c1ccccc1)(c1ccccc1)c1ccccc1)NC(=O)OCC1c2ccccc2-c2ccccc21. The molecule has 298 valence electrons. The molecule has 2 N–H and O–H groups in total. The van der Waals surface area contributed by atoms with Gasteiger partial charge in [-0.05, 0) is 51.8 Å². The Labute approximate surface area is 341 Å². The van der Waals surface area contributed by atoms with E-state index < -0.39 is 23.8 Å². The molecule has 1 aliphatic rings. The van der Waals surface area contributed by atoms with E-state index in [0.29, 0.717) is 0 Å². The fraction of sp³-hybridized carbons (Fsp3) is 0.365. The van der Waals surface area contributed by atoms with Crippen LogP contribution < -0.4 is 5.32 Å². The number of nitrogens with one attached hydrogen (secondary N) is 1. The fourth-order valence-corrected chi connectivity index (χ4v) is 8.30. The zero-order valence-electron chi connectivity index (χ0n) is 33.7. The second-order valence-corrected chi connectivity index (χ2v) is 15.4. The first-order chi connectivity index (χ1) is 28.1. The Hall–Kier alpha value is -4.97. The quantitative estimate of drug-likeness (QED) is 0.0395. The molecule has 5 nitrogen and oxygen atoms in total. The Morgan fingerprint density at radius 3 is 1.56 bits per heavy atom. The molecule has 5 aromatic rings. The molecule has 57 heavy (non-hydrogen) atoms. The minimum Gasteiger partial charge on any atom is -0.449 e. The summed E-state index contributed by atoms with van der Waals surface area (Å²) in [6, 6.07) is 46.3. The van der Waals surface area contributed by atoms with Gasteiger partial charge in [0, 0.05) is 5.92 Å². The summed E-state index contributed by atoms with van der Waals surface area (Å²) in [5.41, 5.74) is 6.47. The van der Waals surface area contributed by atoms with Gasteiger partial charge in [0.15, 0.2) is 0 Å². The number of hydrogen-bond donors (Lipinski definition) is 2. The van der Waals surface area contributed by atoms with Gasteiger partial charge in [0.1, 0.15) is 12.2 Å². The van der Waals surface area contributed by atoms with Gasteiger partial charge in [-0.2, -0.15) is 0 Å². The average Bonchev–Trinajstić information content (AvgIpc) is 3.58. The normalized spacial score (nSPS) is 13.6. The zero-order valence-corrected chi connectivity index (χ0v) is 33.7. The number of ether oxygens (including phenoxy) is 2. The Balaban J connectivity index is 1.15. The third kappa shape index (κ3) is 11.1. The second-order valence-electron chi connectivity index (χ2n) is 15.4. The van der Waals surface area contributed by atoms with Crippen molar-refractivity contribution < 1.29 is 19.4 Å². The molecule has 1 amide bonds. The van der Waals surface area contributed by atoms with Crippen LogP contribution in [0.3, 0.4) is 0 Å². The maximum absolute atomic E-state index is 13.7. The smallest absolute Gasteiger partial charge is 0.407 e. The van der Waals surface area contributed by atoms with Crippen molar-refractivity contribution in [3.8, 4) is 11.1 Å². The van der Waals surface area contributed by atoms with Crippen molar-refractivity contribution in [2.75, 3.05) is 13.2 Å². The Kier molecular flexibility index (Phi) is 16.1. The van der Waals surface area contributed by atoms with Gasteiger partial charge < -0.3 is 19.9 Å². The molecule has 0 saturated heterocycles. The first-order valence-corrected chi connectivity index (χ1v) is 21.4. The van der Waals surface area contributed by atoms with Crippen LogP contribution in [0.5, 0.6) is 0 Å². The highest BCUT2D eigenvalue weighted by Gasteiger charge is 2.39. The molecule has 1 aliphatic carbocycles. The van der Waals surface area contributed by atoms with Crippen LogP contribution in [0.25, 0.3) is 11.1 Å². The van der Waals surface area contributed by atoms with E-state index in [1.165, 1.54) is 75.3 Å². The third-order valence-corrected chi connectivity index (χ3v) is 11.4. The van der Waals surface area contributed by atoms with E-state index in [4.69, 9.17) is 9.47 Å². The molecule has 0 heterocycles. The van der Waals surface area contributed by atoms with Crippen molar-refractivity contribution in [3.05, 3.63) is 179 Å². The van der Waals surface area contributed by atoms with Gasteiger partial charge in [-0.3, -0.25) is 0 Å². The van der Waals surface area contributed by atoms with E-state index >= 15 is 0 Å². The van der Waals surface area contributed by atoms with Crippen LogP contribution in [0.1, 0.15) is 118 Å². The minimum atomic E-state index is -1.01. The maximum atomic E-state index is 13.7. The number of benzene rings is 5. The van der Waals surface area contributed by atoms with Crippen LogP contribution in [0.4, 0.5) is 4.79 Å². The highest BCUT2D eigenvalue weighted by Crippen LogP contribution is 2.45. The van der Waals surface area contributed by atoms with Crippen LogP contribution in [-0.2, 0) is 15.1 Å². The number of hydrogen-bond acceptors (Lipinski definition) is 4. The Bertz CT molecular complexity index is 1800. The number of allylic oxidation sites excluding steroid dienone is 1. The van der Waals surface area contributed by atoms with Crippen LogP contribution in [0.15, 0.2) is 152 Å². The van der Waals surface area contributed by atoms with Crippen molar-refractivity contribution in [1.82, 2.24) is 5.32 Å². The molecule has 0 spiro atoms. The highest BCUT2D eigenvalue weighted by molar-refractivity contribution is 5.79. The summed E-state index contributed by atoms with van der Waals surface area (Å²) in [5.74, 6) is -0.0737. The number of carbonyl (C=O) groups is 1. The summed E-state index contributed by atoms with van der Waals surface area (Å²) in [5, 5.41) is 14.8. The molecular formula is C52H61NO4. The molecule has 2 atom stereocenters. The molecule has 0 fully saturated rings. The average molecular weight is 764 g/mol. The van der Waals surface area contributed by atoms with Gasteiger partial charge in [-0.25, -0.2) is 4.79 Å². The van der Waals surface area contributed by atoms with Crippen LogP contribution in [-0.4, -0.2) is 36.6 Å². The van der Waals surface area contributed by atoms with E-state index in [1.807, 2.05) is 91.0 Å². The Morgan fingerprint density at radius 2 is 1.07 bits per heavy atom. The molecule has 0 saturated carbocycles. The van der Waals surface area contributed by atoms with E-state index in [9.17, 15) is 9.90 Å². The number of fused-ring (bicyclic) bond motifs is 3. The summed E-state index contributed by atoms with van der Waals surface area (Å²) >= 11 is 0. The molecule has 0 radical (unpaired) electrons. The molecule has 0 aromatic heterocycles. The maximum Gasteiger partial charge on any atom is 0.407 e. The zero-order chi connectivity index (χ0) is 39.5. The molecule has 6 rings (SSSR count). The predicted octanol–water partition coefficient (Wildman–Crippen LogP) is 12.5. The van der Waals surface area contributed by atoms with Crippen LogP contribution in [0, 0.1) is 0 Å². The summed E-state index contributed by atoms with van der Waals surface area (Å²) in [7, 11) is 0. The van der Waals surface area contributed by atoms with Gasteiger partial charge >= 0.3 is 6.09 Å². The number of carbonyl (C=O) groups excluding carboxylic acids is 1. The summed E-state index contributed by atoms with van der Waals surface area (Å²) in [6.45, 7) is 2.47. The topological polar surface area (TPSA) is 67.8 Å². The molecule has 0 aliphatic heterocycles. The first-order valence-electron chi connectivity index (χ1n) is 21.4. The minimum absolute atomic E-state index is 0.0207. The van der Waals surface area contributed by atoms with Crippen molar-refractivity contribution in [2.24, 2.45) is 0 Å². The van der Waals surface area contributed by atoms with Crippen LogP contribution in [0.2, 0.25) is 0 Å². The monoisotopic (exact) mass is 763 g/mol. The van der Waals surface area contributed by atoms with Crippen molar-refractivity contribution in [1.29, 1.82) is 0 Å². The van der Waals surface area contributed by atoms with Crippen molar-refractivity contribution in [2.45, 2.75) is 108 Å². The summed E-state index contributed by atoms with van der Waals surface area (Å²) in [6.07, 6.45) is 17.3. The molecule has 0 bridgehead atoms.